The maximum atomic E-state index is 11.7. The van der Waals surface area contributed by atoms with Gasteiger partial charge in [-0.25, -0.2) is 0 Å². The normalized spacial score (nSPS) is 30.8. The minimum absolute atomic E-state index is 0.158. The molecule has 0 radical (unpaired) electrons. The smallest absolute Gasteiger partial charge is 0.0853 e. The van der Waals surface area contributed by atoms with Gasteiger partial charge in [-0.15, -0.1) is 0 Å². The summed E-state index contributed by atoms with van der Waals surface area (Å²) in [4.78, 5) is 0. The van der Waals surface area contributed by atoms with Gasteiger partial charge in [0.1, 0.15) is 0 Å². The van der Waals surface area contributed by atoms with E-state index in [1.54, 1.807) is 13.1 Å². The second kappa shape index (κ2) is 3.95. The van der Waals surface area contributed by atoms with Gasteiger partial charge in [0.05, 0.1) is 20.1 Å². The van der Waals surface area contributed by atoms with E-state index in [1.165, 1.54) is 0 Å². The predicted molar refractivity (Wildman–Crippen MR) is 63.1 cm³/mol. The maximum Gasteiger partial charge on any atom is 0.0853 e. The van der Waals surface area contributed by atoms with Crippen LogP contribution in [0.25, 0.3) is 0 Å². The van der Waals surface area contributed by atoms with Crippen molar-refractivity contribution in [3.05, 3.63) is 39.0 Å². The highest BCUT2D eigenvalue weighted by molar-refractivity contribution is 6.34. The number of likely N-dealkylation sites (N-methyl/N-ethyl adjacent to an activating group) is 1. The van der Waals surface area contributed by atoms with Gasteiger partial charge in [0, 0.05) is 22.4 Å². The van der Waals surface area contributed by atoms with E-state index >= 15 is 0 Å². The predicted octanol–water partition coefficient (Wildman–Crippen LogP) is 3.43. The largest absolute Gasteiger partial charge is 0.633 e. The molecule has 2 unspecified atom stereocenters. The Kier molecular flexibility index (Phi) is 2.95. The lowest BCUT2D eigenvalue weighted by Crippen LogP contribution is -2.33. The van der Waals surface area contributed by atoms with Gasteiger partial charge in [-0.1, -0.05) is 23.2 Å². The lowest BCUT2D eigenvalue weighted by Gasteiger charge is -2.33. The molecule has 0 N–H and O–H groups in total. The van der Waals surface area contributed by atoms with Crippen LogP contribution in [0.4, 0.5) is 0 Å². The van der Waals surface area contributed by atoms with E-state index in [2.05, 4.69) is 0 Å². The Labute approximate surface area is 99.6 Å². The lowest BCUT2D eigenvalue weighted by molar-refractivity contribution is -0.848. The zero-order valence-corrected chi connectivity index (χ0v) is 10.1. The minimum Gasteiger partial charge on any atom is -0.633 e. The fourth-order valence-corrected chi connectivity index (χ4v) is 2.70. The summed E-state index contributed by atoms with van der Waals surface area (Å²) in [5.41, 5.74) is 1.09. The molecule has 2 rings (SSSR count). The van der Waals surface area contributed by atoms with Crippen molar-refractivity contribution < 1.29 is 4.65 Å². The van der Waals surface area contributed by atoms with Crippen molar-refractivity contribution in [2.45, 2.75) is 12.3 Å². The van der Waals surface area contributed by atoms with E-state index in [0.29, 0.717) is 29.1 Å². The molecule has 15 heavy (non-hydrogen) atoms. The van der Waals surface area contributed by atoms with Crippen LogP contribution in [-0.4, -0.2) is 24.8 Å². The van der Waals surface area contributed by atoms with Crippen LogP contribution >= 0.6 is 23.2 Å². The quantitative estimate of drug-likeness (QED) is 0.550. The summed E-state index contributed by atoms with van der Waals surface area (Å²) in [5.74, 6) is 0.295. The van der Waals surface area contributed by atoms with Gasteiger partial charge in [-0.3, -0.25) is 0 Å². The van der Waals surface area contributed by atoms with Crippen LogP contribution in [0.15, 0.2) is 18.2 Å². The third kappa shape index (κ3) is 2.64. The number of quaternary nitrogens is 1. The van der Waals surface area contributed by atoms with E-state index in [0.717, 1.165) is 12.0 Å². The number of rotatable bonds is 1. The van der Waals surface area contributed by atoms with Gasteiger partial charge in [0.25, 0.3) is 0 Å². The first kappa shape index (κ1) is 11.2. The zero-order valence-electron chi connectivity index (χ0n) is 8.54. The van der Waals surface area contributed by atoms with E-state index < -0.39 is 0 Å². The van der Waals surface area contributed by atoms with Crippen molar-refractivity contribution >= 4 is 23.2 Å². The molecule has 0 saturated carbocycles. The van der Waals surface area contributed by atoms with Crippen molar-refractivity contribution in [2.24, 2.45) is 0 Å². The molecule has 1 aliphatic heterocycles. The van der Waals surface area contributed by atoms with Crippen LogP contribution in [0.5, 0.6) is 0 Å². The molecular formula is C11H13Cl2NO. The van der Waals surface area contributed by atoms with Crippen LogP contribution in [0.1, 0.15) is 17.9 Å². The highest BCUT2D eigenvalue weighted by Crippen LogP contribution is 2.33. The summed E-state index contributed by atoms with van der Waals surface area (Å²) in [5, 5.41) is 13.0. The Balaban J connectivity index is 2.24. The third-order valence-electron chi connectivity index (χ3n) is 2.91. The van der Waals surface area contributed by atoms with Gasteiger partial charge in [0.15, 0.2) is 0 Å². The number of hydroxylamine groups is 3. The van der Waals surface area contributed by atoms with Crippen LogP contribution in [-0.2, 0) is 0 Å². The monoisotopic (exact) mass is 245 g/mol. The Morgan fingerprint density at radius 2 is 1.87 bits per heavy atom. The second-order valence-electron chi connectivity index (χ2n) is 4.39. The van der Waals surface area contributed by atoms with Gasteiger partial charge >= 0.3 is 0 Å². The van der Waals surface area contributed by atoms with E-state index in [-0.39, 0.29) is 4.65 Å². The van der Waals surface area contributed by atoms with Gasteiger partial charge in [-0.05, 0) is 23.8 Å². The molecule has 1 saturated heterocycles. The average Bonchev–Trinajstić information content (AvgIpc) is 2.44. The number of nitrogens with zero attached hydrogens (tertiary/aromatic N) is 1. The molecule has 1 aromatic carbocycles. The Morgan fingerprint density at radius 1 is 1.27 bits per heavy atom. The molecular weight excluding hydrogens is 233 g/mol. The molecule has 2 nitrogen and oxygen atoms in total. The van der Waals surface area contributed by atoms with Crippen LogP contribution < -0.4 is 0 Å². The molecule has 0 bridgehead atoms. The third-order valence-corrected chi connectivity index (χ3v) is 3.35. The summed E-state index contributed by atoms with van der Waals surface area (Å²) in [6.45, 7) is 1.30. The molecule has 82 valence electrons. The number of halogens is 2. The molecule has 4 heteroatoms. The first-order chi connectivity index (χ1) is 6.96. The molecule has 1 aromatic rings. The minimum atomic E-state index is -0.158. The lowest BCUT2D eigenvalue weighted by atomic mass is 9.99. The highest BCUT2D eigenvalue weighted by Gasteiger charge is 2.29. The molecule has 0 aromatic heterocycles. The molecule has 1 fully saturated rings. The average molecular weight is 246 g/mol. The molecule has 0 amide bonds. The van der Waals surface area contributed by atoms with Crippen molar-refractivity contribution in [3.8, 4) is 0 Å². The summed E-state index contributed by atoms with van der Waals surface area (Å²) in [6, 6.07) is 5.53. The zero-order chi connectivity index (χ0) is 11.1. The Morgan fingerprint density at radius 3 is 2.33 bits per heavy atom. The molecule has 1 aliphatic rings. The van der Waals surface area contributed by atoms with Crippen molar-refractivity contribution in [1.29, 1.82) is 0 Å². The van der Waals surface area contributed by atoms with E-state index in [1.807, 2.05) is 12.1 Å². The van der Waals surface area contributed by atoms with Crippen molar-refractivity contribution in [3.63, 3.8) is 0 Å². The van der Waals surface area contributed by atoms with Crippen molar-refractivity contribution in [2.75, 3.05) is 20.1 Å². The fraction of sp³-hybridized carbons (Fsp3) is 0.455. The van der Waals surface area contributed by atoms with Gasteiger partial charge in [-0.2, -0.15) is 0 Å². The summed E-state index contributed by atoms with van der Waals surface area (Å²) in [6.07, 6.45) is 0.913. The first-order valence-corrected chi connectivity index (χ1v) is 5.73. The molecule has 2 atom stereocenters. The number of likely N-dealkylation sites (tertiary alicyclic amines) is 1. The summed E-state index contributed by atoms with van der Waals surface area (Å²) >= 11 is 11.9. The van der Waals surface area contributed by atoms with Crippen LogP contribution in [0.3, 0.4) is 0 Å². The molecule has 1 heterocycles. The Bertz CT molecular complexity index is 359. The SMILES string of the molecule is C[N+]1([O-])CCC(c2cc(Cl)cc(Cl)c2)C1. The first-order valence-electron chi connectivity index (χ1n) is 4.98. The molecule has 0 aliphatic carbocycles. The summed E-state index contributed by atoms with van der Waals surface area (Å²) < 4.78 is -0.158. The standard InChI is InChI=1S/C11H13Cl2NO/c1-14(15)3-2-8(7-14)9-4-10(12)6-11(13)5-9/h4-6,8H,2-3,7H2,1H3. The number of benzene rings is 1. The van der Waals surface area contributed by atoms with Gasteiger partial charge in [0.2, 0.25) is 0 Å². The summed E-state index contributed by atoms with van der Waals surface area (Å²) in [7, 11) is 1.71. The Hall–Kier alpha value is -0.280. The van der Waals surface area contributed by atoms with Crippen LogP contribution in [0, 0.1) is 5.21 Å². The second-order valence-corrected chi connectivity index (χ2v) is 5.26. The van der Waals surface area contributed by atoms with Crippen molar-refractivity contribution in [1.82, 2.24) is 0 Å². The van der Waals surface area contributed by atoms with Gasteiger partial charge < -0.3 is 9.85 Å². The maximum absolute atomic E-state index is 11.7. The highest BCUT2D eigenvalue weighted by atomic mass is 35.5. The molecule has 0 spiro atoms. The number of hydrogen-bond donors (Lipinski definition) is 0. The number of hydrogen-bond acceptors (Lipinski definition) is 1. The van der Waals surface area contributed by atoms with E-state index in [4.69, 9.17) is 23.2 Å². The van der Waals surface area contributed by atoms with Crippen LogP contribution in [0.2, 0.25) is 10.0 Å². The topological polar surface area (TPSA) is 23.1 Å². The van der Waals surface area contributed by atoms with E-state index in [9.17, 15) is 5.21 Å². The fourth-order valence-electron chi connectivity index (χ4n) is 2.16.